The van der Waals surface area contributed by atoms with Crippen LogP contribution in [-0.2, 0) is 9.53 Å². The molecule has 4 heteroatoms. The summed E-state index contributed by atoms with van der Waals surface area (Å²) < 4.78 is 4.83. The van der Waals surface area contributed by atoms with Crippen molar-refractivity contribution in [1.29, 1.82) is 0 Å². The molecule has 0 spiro atoms. The van der Waals surface area contributed by atoms with Gasteiger partial charge in [0.2, 0.25) is 0 Å². The number of esters is 1. The molecule has 0 aliphatic rings. The highest BCUT2D eigenvalue weighted by Crippen LogP contribution is 1.96. The normalized spacial score (nSPS) is 12.6. The fourth-order valence-corrected chi connectivity index (χ4v) is 1.05. The molecular weight excluding hydrogens is 162 g/mol. The van der Waals surface area contributed by atoms with Crippen LogP contribution in [0.1, 0.15) is 13.3 Å². The van der Waals surface area contributed by atoms with Gasteiger partial charge in [0.05, 0.1) is 6.61 Å². The highest BCUT2D eigenvalue weighted by Gasteiger charge is 2.12. The van der Waals surface area contributed by atoms with E-state index >= 15 is 0 Å². The van der Waals surface area contributed by atoms with Crippen LogP contribution in [0, 0.1) is 0 Å². The molecule has 0 aliphatic heterocycles. The third kappa shape index (κ3) is 5.09. The van der Waals surface area contributed by atoms with Crippen LogP contribution in [-0.4, -0.2) is 30.6 Å². The molecule has 1 atom stereocenters. The number of hydrogen-bond acceptors (Lipinski definition) is 4. The Labute approximate surface area is 71.7 Å². The van der Waals surface area contributed by atoms with Gasteiger partial charge in [-0.05, 0) is 12.7 Å². The lowest BCUT2D eigenvalue weighted by molar-refractivity contribution is -0.144. The number of hydrogen-bond donors (Lipinski definition) is 1. The molecule has 0 saturated carbocycles. The summed E-state index contributed by atoms with van der Waals surface area (Å²) in [7, 11) is 0. The van der Waals surface area contributed by atoms with Gasteiger partial charge in [0, 0.05) is 5.75 Å². The molecule has 0 aromatic carbocycles. The second-order valence-corrected chi connectivity index (χ2v) is 3.14. The van der Waals surface area contributed by atoms with Gasteiger partial charge in [-0.3, -0.25) is 4.79 Å². The van der Waals surface area contributed by atoms with Crippen LogP contribution in [0.15, 0.2) is 0 Å². The predicted octanol–water partition coefficient (Wildman–Crippen LogP) is 0.630. The molecule has 0 aromatic heterocycles. The summed E-state index contributed by atoms with van der Waals surface area (Å²) in [6.07, 6.45) is 2.75. The molecule has 0 amide bonds. The highest BCUT2D eigenvalue weighted by atomic mass is 32.2. The summed E-state index contributed by atoms with van der Waals surface area (Å²) in [6.45, 7) is 2.42. The van der Waals surface area contributed by atoms with E-state index in [1.165, 1.54) is 0 Å². The summed E-state index contributed by atoms with van der Waals surface area (Å²) >= 11 is 1.55. The van der Waals surface area contributed by atoms with Crippen LogP contribution in [0.2, 0.25) is 0 Å². The van der Waals surface area contributed by atoms with Gasteiger partial charge in [-0.25, -0.2) is 0 Å². The monoisotopic (exact) mass is 177 g/mol. The highest BCUT2D eigenvalue weighted by molar-refractivity contribution is 7.98. The number of rotatable bonds is 5. The van der Waals surface area contributed by atoms with E-state index in [1.807, 2.05) is 13.2 Å². The van der Waals surface area contributed by atoms with Crippen LogP contribution in [0.3, 0.4) is 0 Å². The maximum Gasteiger partial charge on any atom is 0.323 e. The van der Waals surface area contributed by atoms with Gasteiger partial charge in [0.1, 0.15) is 6.04 Å². The zero-order valence-corrected chi connectivity index (χ0v) is 7.82. The molecule has 0 fully saturated rings. The van der Waals surface area contributed by atoms with Crippen LogP contribution in [0.5, 0.6) is 0 Å². The largest absolute Gasteiger partial charge is 0.465 e. The maximum atomic E-state index is 10.9. The van der Waals surface area contributed by atoms with Crippen molar-refractivity contribution in [2.45, 2.75) is 19.4 Å². The van der Waals surface area contributed by atoms with Crippen molar-refractivity contribution in [3.05, 3.63) is 0 Å². The summed E-state index contributed by atoms with van der Waals surface area (Å²) in [5.41, 5.74) is 5.47. The molecule has 0 bridgehead atoms. The van der Waals surface area contributed by atoms with Gasteiger partial charge in [0.25, 0.3) is 0 Å². The van der Waals surface area contributed by atoms with Crippen molar-refractivity contribution in [2.24, 2.45) is 5.73 Å². The van der Waals surface area contributed by atoms with Gasteiger partial charge >= 0.3 is 5.97 Å². The Balaban J connectivity index is 3.47. The number of nitrogens with two attached hydrogens (primary N) is 1. The summed E-state index contributed by atoms with van der Waals surface area (Å²) in [4.78, 5) is 10.9. The Hall–Kier alpha value is -0.220. The van der Waals surface area contributed by atoms with Crippen molar-refractivity contribution in [1.82, 2.24) is 0 Å². The minimum absolute atomic E-state index is 0.291. The Morgan fingerprint density at radius 3 is 2.82 bits per heavy atom. The number of thioether (sulfide) groups is 1. The zero-order valence-electron chi connectivity index (χ0n) is 7.00. The average molecular weight is 177 g/mol. The summed E-state index contributed by atoms with van der Waals surface area (Å²) in [5, 5.41) is 0. The van der Waals surface area contributed by atoms with E-state index in [1.54, 1.807) is 11.8 Å². The summed E-state index contributed by atoms with van der Waals surface area (Å²) in [6, 6.07) is -0.462. The van der Waals surface area contributed by atoms with Crippen molar-refractivity contribution >= 4 is 17.7 Å². The molecule has 0 heterocycles. The van der Waals surface area contributed by atoms with Crippen molar-refractivity contribution in [2.75, 3.05) is 18.6 Å². The molecule has 0 aromatic rings. The quantitative estimate of drug-likeness (QED) is 0.626. The molecule has 0 radical (unpaired) electrons. The molecule has 66 valence electrons. The lowest BCUT2D eigenvalue weighted by Gasteiger charge is -2.08. The fourth-order valence-electron chi connectivity index (χ4n) is 0.557. The molecule has 0 rings (SSSR count). The lowest BCUT2D eigenvalue weighted by Crippen LogP contribution is -2.34. The van der Waals surface area contributed by atoms with Crippen molar-refractivity contribution < 1.29 is 9.53 Å². The Morgan fingerprint density at radius 1 is 1.73 bits per heavy atom. The molecule has 3 nitrogen and oxygen atoms in total. The van der Waals surface area contributed by atoms with Crippen molar-refractivity contribution in [3.8, 4) is 0 Å². The fraction of sp³-hybridized carbons (Fsp3) is 0.857. The second kappa shape index (κ2) is 6.49. The van der Waals surface area contributed by atoms with Gasteiger partial charge in [-0.1, -0.05) is 6.92 Å². The molecule has 0 aliphatic carbocycles. The first-order chi connectivity index (χ1) is 5.22. The van der Waals surface area contributed by atoms with E-state index in [4.69, 9.17) is 10.5 Å². The molecule has 2 N–H and O–H groups in total. The van der Waals surface area contributed by atoms with Gasteiger partial charge in [0.15, 0.2) is 0 Å². The SMILES string of the molecule is CCCOC(=O)C(N)CSC. The minimum atomic E-state index is -0.462. The lowest BCUT2D eigenvalue weighted by atomic mass is 10.4. The first-order valence-electron chi connectivity index (χ1n) is 3.63. The first kappa shape index (κ1) is 10.8. The van der Waals surface area contributed by atoms with Crippen LogP contribution < -0.4 is 5.73 Å². The maximum absolute atomic E-state index is 10.9. The standard InChI is InChI=1S/C7H15NO2S/c1-3-4-10-7(9)6(8)5-11-2/h6H,3-5,8H2,1-2H3. The smallest absolute Gasteiger partial charge is 0.323 e. The van der Waals surface area contributed by atoms with E-state index in [0.717, 1.165) is 6.42 Å². The van der Waals surface area contributed by atoms with Crippen molar-refractivity contribution in [3.63, 3.8) is 0 Å². The molecule has 0 saturated heterocycles. The second-order valence-electron chi connectivity index (χ2n) is 2.23. The number of ether oxygens (including phenoxy) is 1. The van der Waals surface area contributed by atoms with Gasteiger partial charge in [-0.15, -0.1) is 0 Å². The topological polar surface area (TPSA) is 52.3 Å². The molecule has 1 unspecified atom stereocenters. The van der Waals surface area contributed by atoms with Crippen LogP contribution >= 0.6 is 11.8 Å². The Kier molecular flexibility index (Phi) is 6.36. The number of carbonyl (C=O) groups excluding carboxylic acids is 1. The minimum Gasteiger partial charge on any atom is -0.465 e. The van der Waals surface area contributed by atoms with E-state index < -0.39 is 6.04 Å². The van der Waals surface area contributed by atoms with Gasteiger partial charge < -0.3 is 10.5 Å². The molecule has 11 heavy (non-hydrogen) atoms. The van der Waals surface area contributed by atoms with Crippen LogP contribution in [0.25, 0.3) is 0 Å². The average Bonchev–Trinajstić information content (AvgIpc) is 2.00. The first-order valence-corrected chi connectivity index (χ1v) is 5.03. The van der Waals surface area contributed by atoms with E-state index in [9.17, 15) is 4.79 Å². The molecular formula is C7H15NO2S. The summed E-state index contributed by atoms with van der Waals surface area (Å²) in [5.74, 6) is 0.337. The third-order valence-electron chi connectivity index (χ3n) is 1.10. The van der Waals surface area contributed by atoms with E-state index in [-0.39, 0.29) is 5.97 Å². The van der Waals surface area contributed by atoms with E-state index in [0.29, 0.717) is 12.4 Å². The van der Waals surface area contributed by atoms with Crippen LogP contribution in [0.4, 0.5) is 0 Å². The van der Waals surface area contributed by atoms with E-state index in [2.05, 4.69) is 0 Å². The zero-order chi connectivity index (χ0) is 8.69. The number of carbonyl (C=O) groups is 1. The Morgan fingerprint density at radius 2 is 2.36 bits per heavy atom. The Bertz CT molecular complexity index is 119. The third-order valence-corrected chi connectivity index (χ3v) is 1.79. The van der Waals surface area contributed by atoms with Gasteiger partial charge in [-0.2, -0.15) is 11.8 Å². The predicted molar refractivity (Wildman–Crippen MR) is 47.6 cm³/mol.